The molecule has 0 saturated heterocycles. The third-order valence-electron chi connectivity index (χ3n) is 2.50. The molecule has 1 aromatic carbocycles. The van der Waals surface area contributed by atoms with E-state index in [2.05, 4.69) is 0 Å². The van der Waals surface area contributed by atoms with Crippen LogP contribution >= 0.6 is 11.6 Å². The second-order valence-corrected chi connectivity index (χ2v) is 4.23. The van der Waals surface area contributed by atoms with Crippen LogP contribution in [-0.4, -0.2) is 19.7 Å². The molecule has 0 radical (unpaired) electrons. The lowest BCUT2D eigenvalue weighted by Crippen LogP contribution is -2.09. The third-order valence-corrected chi connectivity index (χ3v) is 2.74. The molecule has 0 spiro atoms. The molecule has 0 saturated carbocycles. The van der Waals surface area contributed by atoms with E-state index in [9.17, 15) is 4.79 Å². The fourth-order valence-corrected chi connectivity index (χ4v) is 1.85. The topological polar surface area (TPSA) is 35.5 Å². The monoisotopic (exact) mass is 256 g/mol. The fraction of sp³-hybridized carbons (Fsp3) is 0.462. The molecule has 0 N–H and O–H groups in total. The van der Waals surface area contributed by atoms with Crippen LogP contribution in [0.25, 0.3) is 0 Å². The van der Waals surface area contributed by atoms with Crippen LogP contribution in [0.5, 0.6) is 5.75 Å². The number of carbonyl (C=O) groups is 1. The van der Waals surface area contributed by atoms with Gasteiger partial charge in [0.2, 0.25) is 0 Å². The predicted molar refractivity (Wildman–Crippen MR) is 67.7 cm³/mol. The van der Waals surface area contributed by atoms with Crippen molar-refractivity contribution in [2.75, 3.05) is 13.7 Å². The maximum Gasteiger partial charge on any atom is 0.306 e. The summed E-state index contributed by atoms with van der Waals surface area (Å²) in [5.41, 5.74) is 0.924. The summed E-state index contributed by atoms with van der Waals surface area (Å²) in [6, 6.07) is 5.39. The highest BCUT2D eigenvalue weighted by Crippen LogP contribution is 2.31. The Labute approximate surface area is 107 Å². The van der Waals surface area contributed by atoms with Crippen molar-refractivity contribution in [2.45, 2.75) is 26.2 Å². The molecule has 0 aliphatic heterocycles. The van der Waals surface area contributed by atoms with Gasteiger partial charge < -0.3 is 9.47 Å². The average molecular weight is 257 g/mol. The number of hydrogen-bond donors (Lipinski definition) is 0. The van der Waals surface area contributed by atoms with Gasteiger partial charge in [0.05, 0.1) is 20.1 Å². The zero-order valence-corrected chi connectivity index (χ0v) is 11.1. The Morgan fingerprint density at radius 3 is 2.76 bits per heavy atom. The number of hydrogen-bond acceptors (Lipinski definition) is 3. The minimum Gasteiger partial charge on any atom is -0.496 e. The lowest BCUT2D eigenvalue weighted by molar-refractivity contribution is -0.143. The summed E-state index contributed by atoms with van der Waals surface area (Å²) in [7, 11) is 1.60. The maximum atomic E-state index is 11.4. The van der Waals surface area contributed by atoms with Gasteiger partial charge in [0.1, 0.15) is 5.75 Å². The third kappa shape index (κ3) is 3.93. The molecule has 0 bridgehead atoms. The number of halogens is 1. The second kappa shape index (κ2) is 6.50. The first-order valence-corrected chi connectivity index (χ1v) is 5.95. The van der Waals surface area contributed by atoms with E-state index in [0.29, 0.717) is 18.1 Å². The smallest absolute Gasteiger partial charge is 0.306 e. The molecule has 0 fully saturated rings. The summed E-state index contributed by atoms with van der Waals surface area (Å²) in [6.07, 6.45) is 0.324. The summed E-state index contributed by atoms with van der Waals surface area (Å²) < 4.78 is 10.2. The number of rotatable bonds is 5. The SMILES string of the molecule is CCOC(=O)CC(C)c1cc(Cl)ccc1OC. The lowest BCUT2D eigenvalue weighted by Gasteiger charge is -2.15. The average Bonchev–Trinajstić information content (AvgIpc) is 2.29. The largest absolute Gasteiger partial charge is 0.496 e. The highest BCUT2D eigenvalue weighted by Gasteiger charge is 2.16. The van der Waals surface area contributed by atoms with E-state index in [1.807, 2.05) is 13.0 Å². The predicted octanol–water partition coefficient (Wildman–Crippen LogP) is 3.41. The van der Waals surface area contributed by atoms with Gasteiger partial charge in [-0.2, -0.15) is 0 Å². The molecule has 94 valence electrons. The Hall–Kier alpha value is -1.22. The van der Waals surface area contributed by atoms with Crippen LogP contribution in [-0.2, 0) is 9.53 Å². The van der Waals surface area contributed by atoms with E-state index in [1.165, 1.54) is 0 Å². The summed E-state index contributed by atoms with van der Waals surface area (Å²) in [5.74, 6) is 0.552. The minimum absolute atomic E-state index is 0.0164. The molecule has 0 amide bonds. The highest BCUT2D eigenvalue weighted by molar-refractivity contribution is 6.30. The summed E-state index contributed by atoms with van der Waals surface area (Å²) in [6.45, 7) is 4.14. The summed E-state index contributed by atoms with van der Waals surface area (Å²) in [4.78, 5) is 11.4. The molecule has 0 aliphatic carbocycles. The van der Waals surface area contributed by atoms with Crippen LogP contribution in [0.1, 0.15) is 31.7 Å². The zero-order valence-electron chi connectivity index (χ0n) is 10.3. The number of methoxy groups -OCH3 is 1. The van der Waals surface area contributed by atoms with Crippen molar-refractivity contribution >= 4 is 17.6 Å². The van der Waals surface area contributed by atoms with Crippen molar-refractivity contribution in [3.63, 3.8) is 0 Å². The first-order valence-electron chi connectivity index (χ1n) is 5.57. The van der Waals surface area contributed by atoms with E-state index >= 15 is 0 Å². The molecule has 3 nitrogen and oxygen atoms in total. The van der Waals surface area contributed by atoms with Gasteiger partial charge in [-0.1, -0.05) is 18.5 Å². The van der Waals surface area contributed by atoms with Gasteiger partial charge in [0.25, 0.3) is 0 Å². The van der Waals surface area contributed by atoms with Crippen LogP contribution in [0.15, 0.2) is 18.2 Å². The van der Waals surface area contributed by atoms with Crippen molar-refractivity contribution < 1.29 is 14.3 Å². The minimum atomic E-state index is -0.206. The van der Waals surface area contributed by atoms with Crippen molar-refractivity contribution in [3.8, 4) is 5.75 Å². The Balaban J connectivity index is 2.83. The Kier molecular flexibility index (Phi) is 5.29. The molecule has 4 heteroatoms. The molecule has 1 atom stereocenters. The van der Waals surface area contributed by atoms with Crippen molar-refractivity contribution in [3.05, 3.63) is 28.8 Å². The van der Waals surface area contributed by atoms with Gasteiger partial charge in [0.15, 0.2) is 0 Å². The molecule has 1 rings (SSSR count). The molecule has 1 aromatic rings. The number of esters is 1. The molecular weight excluding hydrogens is 240 g/mol. The van der Waals surface area contributed by atoms with E-state index < -0.39 is 0 Å². The first-order chi connectivity index (χ1) is 8.08. The van der Waals surface area contributed by atoms with E-state index in [1.54, 1.807) is 26.2 Å². The zero-order chi connectivity index (χ0) is 12.8. The molecular formula is C13H17ClO3. The molecule has 0 heterocycles. The van der Waals surface area contributed by atoms with E-state index in [4.69, 9.17) is 21.1 Å². The molecule has 17 heavy (non-hydrogen) atoms. The second-order valence-electron chi connectivity index (χ2n) is 3.80. The normalized spacial score (nSPS) is 12.0. The highest BCUT2D eigenvalue weighted by atomic mass is 35.5. The number of benzene rings is 1. The quantitative estimate of drug-likeness (QED) is 0.758. The van der Waals surface area contributed by atoms with Crippen molar-refractivity contribution in [2.24, 2.45) is 0 Å². The van der Waals surface area contributed by atoms with Gasteiger partial charge in [0, 0.05) is 5.02 Å². The summed E-state index contributed by atoms with van der Waals surface area (Å²) >= 11 is 5.94. The van der Waals surface area contributed by atoms with Gasteiger partial charge in [-0.3, -0.25) is 4.79 Å². The van der Waals surface area contributed by atoms with Crippen molar-refractivity contribution in [1.82, 2.24) is 0 Å². The number of ether oxygens (including phenoxy) is 2. The van der Waals surface area contributed by atoms with Crippen LogP contribution < -0.4 is 4.74 Å². The molecule has 1 unspecified atom stereocenters. The fourth-order valence-electron chi connectivity index (χ4n) is 1.67. The summed E-state index contributed by atoms with van der Waals surface area (Å²) in [5, 5.41) is 0.636. The first kappa shape index (κ1) is 13.8. The van der Waals surface area contributed by atoms with Crippen LogP contribution in [0.3, 0.4) is 0 Å². The Morgan fingerprint density at radius 2 is 2.18 bits per heavy atom. The standard InChI is InChI=1S/C13H17ClO3/c1-4-17-13(15)7-9(2)11-8-10(14)5-6-12(11)16-3/h5-6,8-9H,4,7H2,1-3H3. The maximum absolute atomic E-state index is 11.4. The van der Waals surface area contributed by atoms with Gasteiger partial charge in [-0.25, -0.2) is 0 Å². The van der Waals surface area contributed by atoms with E-state index in [-0.39, 0.29) is 11.9 Å². The van der Waals surface area contributed by atoms with Gasteiger partial charge in [-0.05, 0) is 36.6 Å². The Bertz CT molecular complexity index is 390. The van der Waals surface area contributed by atoms with Crippen molar-refractivity contribution in [1.29, 1.82) is 0 Å². The van der Waals surface area contributed by atoms with Crippen LogP contribution in [0.2, 0.25) is 5.02 Å². The molecule has 0 aliphatic rings. The number of carbonyl (C=O) groups excluding carboxylic acids is 1. The van der Waals surface area contributed by atoms with Gasteiger partial charge in [-0.15, -0.1) is 0 Å². The lowest BCUT2D eigenvalue weighted by atomic mass is 9.97. The Morgan fingerprint density at radius 1 is 1.47 bits per heavy atom. The van der Waals surface area contributed by atoms with Crippen LogP contribution in [0, 0.1) is 0 Å². The van der Waals surface area contributed by atoms with Crippen LogP contribution in [0.4, 0.5) is 0 Å². The van der Waals surface area contributed by atoms with Gasteiger partial charge >= 0.3 is 5.97 Å². The molecule has 0 aromatic heterocycles. The van der Waals surface area contributed by atoms with E-state index in [0.717, 1.165) is 11.3 Å².